The zero-order valence-electron chi connectivity index (χ0n) is 11.2. The molecule has 2 rings (SSSR count). The van der Waals surface area contributed by atoms with Gasteiger partial charge in [0.2, 0.25) is 0 Å². The third kappa shape index (κ3) is 2.90. The Balaban J connectivity index is 2.26. The molecule has 1 N–H and O–H groups in total. The molecule has 1 saturated carbocycles. The minimum atomic E-state index is -0.723. The van der Waals surface area contributed by atoms with E-state index in [9.17, 15) is 5.11 Å². The highest BCUT2D eigenvalue weighted by Crippen LogP contribution is 2.39. The van der Waals surface area contributed by atoms with E-state index in [2.05, 4.69) is 25.1 Å². The molecule has 0 amide bonds. The predicted molar refractivity (Wildman–Crippen MR) is 72.1 cm³/mol. The normalized spacial score (nSPS) is 25.9. The van der Waals surface area contributed by atoms with Crippen molar-refractivity contribution < 1.29 is 5.11 Å². The van der Waals surface area contributed by atoms with E-state index in [1.807, 2.05) is 19.9 Å². The van der Waals surface area contributed by atoms with Gasteiger partial charge in [0.25, 0.3) is 0 Å². The molecule has 1 aromatic rings. The smallest absolute Gasteiger partial charge is 0.0843 e. The lowest BCUT2D eigenvalue weighted by molar-refractivity contribution is 0.0768. The number of aliphatic hydroxyl groups is 1. The molecule has 1 aromatic carbocycles. The average molecular weight is 232 g/mol. The summed E-state index contributed by atoms with van der Waals surface area (Å²) in [5.74, 6) is 1.52. The van der Waals surface area contributed by atoms with E-state index in [1.54, 1.807) is 0 Å². The molecule has 17 heavy (non-hydrogen) atoms. The third-order valence-corrected chi connectivity index (χ3v) is 4.08. The molecule has 1 nitrogen and oxygen atoms in total. The van der Waals surface area contributed by atoms with Crippen LogP contribution in [0, 0.1) is 5.92 Å². The van der Waals surface area contributed by atoms with Crippen LogP contribution in [-0.4, -0.2) is 5.11 Å². The molecule has 1 aliphatic carbocycles. The van der Waals surface area contributed by atoms with E-state index < -0.39 is 5.60 Å². The molecule has 1 fully saturated rings. The van der Waals surface area contributed by atoms with Gasteiger partial charge in [0.1, 0.15) is 0 Å². The first-order valence-corrected chi connectivity index (χ1v) is 6.80. The molecule has 0 aliphatic heterocycles. The van der Waals surface area contributed by atoms with Crippen LogP contribution in [0.5, 0.6) is 0 Å². The topological polar surface area (TPSA) is 20.2 Å². The zero-order chi connectivity index (χ0) is 12.5. The van der Waals surface area contributed by atoms with E-state index in [0.29, 0.717) is 5.92 Å². The molecule has 0 spiro atoms. The Morgan fingerprint density at radius 2 is 1.65 bits per heavy atom. The lowest BCUT2D eigenvalue weighted by Crippen LogP contribution is -2.21. The second-order valence-corrected chi connectivity index (χ2v) is 6.10. The van der Waals surface area contributed by atoms with Crippen LogP contribution in [0.25, 0.3) is 0 Å². The van der Waals surface area contributed by atoms with Crippen LogP contribution in [0.3, 0.4) is 0 Å². The van der Waals surface area contributed by atoms with Gasteiger partial charge in [-0.3, -0.25) is 0 Å². The number of rotatable bonds is 2. The van der Waals surface area contributed by atoms with Crippen LogP contribution in [-0.2, 0) is 5.60 Å². The van der Waals surface area contributed by atoms with E-state index >= 15 is 0 Å². The summed E-state index contributed by atoms with van der Waals surface area (Å²) in [6.07, 6.45) is 5.19. The first kappa shape index (κ1) is 12.6. The fraction of sp³-hybridized carbons (Fsp3) is 0.625. The second kappa shape index (κ2) is 4.81. The summed E-state index contributed by atoms with van der Waals surface area (Å²) in [4.78, 5) is 0. The van der Waals surface area contributed by atoms with E-state index in [0.717, 1.165) is 11.5 Å². The maximum atomic E-state index is 10.3. The highest BCUT2D eigenvalue weighted by Gasteiger charge is 2.26. The number of benzene rings is 1. The van der Waals surface area contributed by atoms with Crippen LogP contribution in [0.4, 0.5) is 0 Å². The summed E-state index contributed by atoms with van der Waals surface area (Å²) in [5.41, 5.74) is 1.76. The Bertz CT molecular complexity index is 367. The van der Waals surface area contributed by atoms with Gasteiger partial charge in [0.05, 0.1) is 5.60 Å². The van der Waals surface area contributed by atoms with Gasteiger partial charge in [-0.05, 0) is 49.7 Å². The first-order chi connectivity index (χ1) is 7.98. The van der Waals surface area contributed by atoms with Crippen LogP contribution >= 0.6 is 0 Å². The minimum absolute atomic E-state index is 0.647. The maximum Gasteiger partial charge on any atom is 0.0843 e. The standard InChI is InChI=1S/C16H24O/c1-12-8-10-13(11-9-12)14-6-4-5-7-15(14)16(2,3)17/h4-7,12-13,17H,8-11H2,1-3H3. The minimum Gasteiger partial charge on any atom is -0.386 e. The molecule has 0 atom stereocenters. The van der Waals surface area contributed by atoms with Gasteiger partial charge >= 0.3 is 0 Å². The maximum absolute atomic E-state index is 10.3. The van der Waals surface area contributed by atoms with Gasteiger partial charge in [-0.25, -0.2) is 0 Å². The summed E-state index contributed by atoms with van der Waals surface area (Å²) in [7, 11) is 0. The largest absolute Gasteiger partial charge is 0.386 e. The highest BCUT2D eigenvalue weighted by molar-refractivity contribution is 5.34. The van der Waals surface area contributed by atoms with E-state index in [4.69, 9.17) is 0 Å². The predicted octanol–water partition coefficient (Wildman–Crippen LogP) is 4.21. The fourth-order valence-electron chi connectivity index (χ4n) is 2.98. The summed E-state index contributed by atoms with van der Waals surface area (Å²) >= 11 is 0. The molecule has 0 unspecified atom stereocenters. The Morgan fingerprint density at radius 3 is 2.24 bits per heavy atom. The summed E-state index contributed by atoms with van der Waals surface area (Å²) in [5, 5.41) is 10.3. The van der Waals surface area contributed by atoms with Crippen LogP contribution in [0.2, 0.25) is 0 Å². The van der Waals surface area contributed by atoms with Crippen molar-refractivity contribution >= 4 is 0 Å². The Morgan fingerprint density at radius 1 is 1.06 bits per heavy atom. The molecule has 0 heterocycles. The lowest BCUT2D eigenvalue weighted by Gasteiger charge is -2.31. The second-order valence-electron chi connectivity index (χ2n) is 6.10. The van der Waals surface area contributed by atoms with E-state index in [-0.39, 0.29) is 0 Å². The van der Waals surface area contributed by atoms with Crippen molar-refractivity contribution in [3.05, 3.63) is 35.4 Å². The molecule has 0 saturated heterocycles. The van der Waals surface area contributed by atoms with E-state index in [1.165, 1.54) is 31.2 Å². The van der Waals surface area contributed by atoms with Crippen LogP contribution in [0.1, 0.15) is 63.5 Å². The summed E-state index contributed by atoms with van der Waals surface area (Å²) in [6.45, 7) is 6.12. The fourth-order valence-corrected chi connectivity index (χ4v) is 2.98. The Kier molecular flexibility index (Phi) is 3.58. The Labute approximate surface area is 105 Å². The Hall–Kier alpha value is -0.820. The SMILES string of the molecule is CC1CCC(c2ccccc2C(C)(C)O)CC1. The molecular weight excluding hydrogens is 208 g/mol. The number of hydrogen-bond donors (Lipinski definition) is 1. The first-order valence-electron chi connectivity index (χ1n) is 6.80. The molecule has 94 valence electrons. The monoisotopic (exact) mass is 232 g/mol. The van der Waals surface area contributed by atoms with Crippen molar-refractivity contribution in [2.24, 2.45) is 5.92 Å². The van der Waals surface area contributed by atoms with Gasteiger partial charge in [0, 0.05) is 0 Å². The summed E-state index contributed by atoms with van der Waals surface area (Å²) < 4.78 is 0. The molecule has 0 aromatic heterocycles. The average Bonchev–Trinajstić information content (AvgIpc) is 2.29. The molecule has 0 bridgehead atoms. The number of hydrogen-bond acceptors (Lipinski definition) is 1. The van der Waals surface area contributed by atoms with Gasteiger partial charge in [-0.2, -0.15) is 0 Å². The van der Waals surface area contributed by atoms with Gasteiger partial charge < -0.3 is 5.11 Å². The van der Waals surface area contributed by atoms with Gasteiger partial charge in [-0.1, -0.05) is 44.0 Å². The van der Waals surface area contributed by atoms with Gasteiger partial charge in [0.15, 0.2) is 0 Å². The van der Waals surface area contributed by atoms with Gasteiger partial charge in [-0.15, -0.1) is 0 Å². The van der Waals surface area contributed by atoms with Crippen molar-refractivity contribution in [3.63, 3.8) is 0 Å². The quantitative estimate of drug-likeness (QED) is 0.810. The zero-order valence-corrected chi connectivity index (χ0v) is 11.2. The lowest BCUT2D eigenvalue weighted by atomic mass is 9.76. The molecule has 1 aliphatic rings. The molecule has 1 heteroatoms. The summed E-state index contributed by atoms with van der Waals surface area (Å²) in [6, 6.07) is 8.41. The highest BCUT2D eigenvalue weighted by atomic mass is 16.3. The molecular formula is C16H24O. The van der Waals surface area contributed by atoms with Crippen molar-refractivity contribution in [3.8, 4) is 0 Å². The van der Waals surface area contributed by atoms with Crippen LogP contribution < -0.4 is 0 Å². The van der Waals surface area contributed by atoms with Crippen molar-refractivity contribution in [1.82, 2.24) is 0 Å². The van der Waals surface area contributed by atoms with Crippen LogP contribution in [0.15, 0.2) is 24.3 Å². The van der Waals surface area contributed by atoms with Crippen molar-refractivity contribution in [2.45, 2.75) is 58.0 Å². The molecule has 0 radical (unpaired) electrons. The third-order valence-electron chi connectivity index (χ3n) is 4.08. The van der Waals surface area contributed by atoms with Crippen molar-refractivity contribution in [2.75, 3.05) is 0 Å². The van der Waals surface area contributed by atoms with Crippen molar-refractivity contribution in [1.29, 1.82) is 0 Å².